The van der Waals surface area contributed by atoms with E-state index in [2.05, 4.69) is 25.1 Å². The quantitative estimate of drug-likeness (QED) is 0.464. The van der Waals surface area contributed by atoms with Crippen LogP contribution < -0.4 is 16.2 Å². The van der Waals surface area contributed by atoms with Crippen LogP contribution in [-0.4, -0.2) is 36.8 Å². The Morgan fingerprint density at radius 3 is 2.41 bits per heavy atom. The molecule has 4 aromatic rings. The molecular formula is C19H18N8OS. The second kappa shape index (κ2) is 8.15. The fourth-order valence-electron chi connectivity index (χ4n) is 2.77. The molecule has 2 heterocycles. The number of benzene rings is 2. The number of thioether (sulfide) groups is 1. The lowest BCUT2D eigenvalue weighted by molar-refractivity contribution is 0.415. The van der Waals surface area contributed by atoms with E-state index in [-0.39, 0.29) is 11.9 Å². The average Bonchev–Trinajstić information content (AvgIpc) is 3.16. The van der Waals surface area contributed by atoms with Gasteiger partial charge in [0.25, 0.3) is 0 Å². The number of ether oxygens (including phenoxy) is 1. The summed E-state index contributed by atoms with van der Waals surface area (Å²) >= 11 is 1.43. The Kier molecular flexibility index (Phi) is 5.25. The number of hydrogen-bond donors (Lipinski definition) is 2. The maximum absolute atomic E-state index is 5.66. The van der Waals surface area contributed by atoms with Crippen molar-refractivity contribution in [2.24, 2.45) is 0 Å². The Morgan fingerprint density at radius 1 is 0.931 bits per heavy atom. The van der Waals surface area contributed by atoms with Crippen LogP contribution in [0, 0.1) is 0 Å². The van der Waals surface area contributed by atoms with Gasteiger partial charge in [-0.1, -0.05) is 42.1 Å². The smallest absolute Gasteiger partial charge is 0.225 e. The number of anilines is 2. The molecule has 4 rings (SSSR count). The van der Waals surface area contributed by atoms with Gasteiger partial charge in [0.15, 0.2) is 11.0 Å². The van der Waals surface area contributed by atoms with Crippen molar-refractivity contribution in [3.63, 3.8) is 0 Å². The Morgan fingerprint density at radius 2 is 1.69 bits per heavy atom. The highest BCUT2D eigenvalue weighted by Gasteiger charge is 2.17. The lowest BCUT2D eigenvalue weighted by Crippen LogP contribution is -2.06. The van der Waals surface area contributed by atoms with Crippen LogP contribution in [0.25, 0.3) is 17.1 Å². The summed E-state index contributed by atoms with van der Waals surface area (Å²) in [6.07, 6.45) is 0. The van der Waals surface area contributed by atoms with Crippen LogP contribution in [0.2, 0.25) is 0 Å². The molecule has 0 fully saturated rings. The monoisotopic (exact) mass is 406 g/mol. The molecule has 0 aliphatic carbocycles. The van der Waals surface area contributed by atoms with E-state index in [0.29, 0.717) is 22.6 Å². The molecule has 0 aliphatic heterocycles. The van der Waals surface area contributed by atoms with Crippen LogP contribution in [0.3, 0.4) is 0 Å². The Bertz CT molecular complexity index is 1110. The molecule has 2 aromatic heterocycles. The molecular weight excluding hydrogens is 388 g/mol. The van der Waals surface area contributed by atoms with E-state index >= 15 is 0 Å². The van der Waals surface area contributed by atoms with Crippen LogP contribution in [0.15, 0.2) is 59.8 Å². The minimum atomic E-state index is 0.0923. The Labute approximate surface area is 171 Å². The van der Waals surface area contributed by atoms with E-state index in [9.17, 15) is 0 Å². The van der Waals surface area contributed by atoms with Crippen LogP contribution in [-0.2, 0) is 5.75 Å². The summed E-state index contributed by atoms with van der Waals surface area (Å²) in [5, 5.41) is 9.49. The van der Waals surface area contributed by atoms with Gasteiger partial charge in [0.05, 0.1) is 12.9 Å². The van der Waals surface area contributed by atoms with Crippen molar-refractivity contribution in [1.29, 1.82) is 0 Å². The van der Waals surface area contributed by atoms with Crippen LogP contribution in [0.4, 0.5) is 11.9 Å². The van der Waals surface area contributed by atoms with E-state index < -0.39 is 0 Å². The summed E-state index contributed by atoms with van der Waals surface area (Å²) in [7, 11) is 1.63. The van der Waals surface area contributed by atoms with Crippen molar-refractivity contribution >= 4 is 23.7 Å². The molecule has 2 aromatic carbocycles. The molecule has 0 radical (unpaired) electrons. The van der Waals surface area contributed by atoms with Gasteiger partial charge in [0, 0.05) is 11.3 Å². The molecule has 0 spiro atoms. The number of aromatic nitrogens is 6. The Balaban J connectivity index is 1.73. The van der Waals surface area contributed by atoms with Gasteiger partial charge in [-0.05, 0) is 24.3 Å². The summed E-state index contributed by atoms with van der Waals surface area (Å²) in [6, 6.07) is 17.6. The molecule has 146 valence electrons. The third-order valence-corrected chi connectivity index (χ3v) is 4.95. The van der Waals surface area contributed by atoms with Crippen molar-refractivity contribution in [1.82, 2.24) is 29.7 Å². The standard InChI is InChI=1S/C19H18N8OS/c1-28-14-9-5-6-12(10-14)16-25-26-19(27(16)13-7-3-2-4-8-13)29-11-15-22-17(20)24-18(21)23-15/h2-10H,11H2,1H3,(H4,20,21,22,23,24). The van der Waals surface area contributed by atoms with E-state index in [1.807, 2.05) is 59.2 Å². The first-order valence-electron chi connectivity index (χ1n) is 8.68. The summed E-state index contributed by atoms with van der Waals surface area (Å²) in [5.74, 6) is 2.53. The molecule has 0 saturated heterocycles. The van der Waals surface area contributed by atoms with Gasteiger partial charge >= 0.3 is 0 Å². The number of methoxy groups -OCH3 is 1. The van der Waals surface area contributed by atoms with Crippen LogP contribution >= 0.6 is 11.8 Å². The van der Waals surface area contributed by atoms with Crippen molar-refractivity contribution in [2.45, 2.75) is 10.9 Å². The lowest BCUT2D eigenvalue weighted by atomic mass is 10.2. The average molecular weight is 406 g/mol. The maximum Gasteiger partial charge on any atom is 0.225 e. The predicted octanol–water partition coefficient (Wildman–Crippen LogP) is 2.58. The van der Waals surface area contributed by atoms with Crippen molar-refractivity contribution in [3.8, 4) is 22.8 Å². The maximum atomic E-state index is 5.66. The third-order valence-electron chi connectivity index (χ3n) is 4.02. The third kappa shape index (κ3) is 4.11. The second-order valence-corrected chi connectivity index (χ2v) is 6.91. The molecule has 4 N–H and O–H groups in total. The van der Waals surface area contributed by atoms with Gasteiger partial charge in [0.2, 0.25) is 11.9 Å². The zero-order chi connectivity index (χ0) is 20.2. The van der Waals surface area contributed by atoms with E-state index in [1.54, 1.807) is 7.11 Å². The molecule has 0 amide bonds. The van der Waals surface area contributed by atoms with E-state index in [1.165, 1.54) is 11.8 Å². The minimum Gasteiger partial charge on any atom is -0.497 e. The topological polar surface area (TPSA) is 131 Å². The van der Waals surface area contributed by atoms with Gasteiger partial charge in [-0.2, -0.15) is 15.0 Å². The number of rotatable bonds is 6. The highest BCUT2D eigenvalue weighted by Crippen LogP contribution is 2.30. The zero-order valence-corrected chi connectivity index (χ0v) is 16.4. The van der Waals surface area contributed by atoms with Crippen molar-refractivity contribution in [3.05, 3.63) is 60.4 Å². The minimum absolute atomic E-state index is 0.0923. The van der Waals surface area contributed by atoms with Gasteiger partial charge in [-0.3, -0.25) is 4.57 Å². The van der Waals surface area contributed by atoms with Gasteiger partial charge < -0.3 is 16.2 Å². The first-order chi connectivity index (χ1) is 14.1. The van der Waals surface area contributed by atoms with Gasteiger partial charge in [0.1, 0.15) is 11.6 Å². The highest BCUT2D eigenvalue weighted by molar-refractivity contribution is 7.98. The summed E-state index contributed by atoms with van der Waals surface area (Å²) in [4.78, 5) is 12.0. The SMILES string of the molecule is COc1cccc(-c2nnc(SCc3nc(N)nc(N)n3)n2-c2ccccc2)c1. The Hall–Kier alpha value is -3.66. The fraction of sp³-hybridized carbons (Fsp3) is 0.105. The molecule has 0 saturated carbocycles. The summed E-state index contributed by atoms with van der Waals surface area (Å²) in [6.45, 7) is 0. The van der Waals surface area contributed by atoms with Crippen molar-refractivity contribution in [2.75, 3.05) is 18.6 Å². The van der Waals surface area contributed by atoms with Crippen LogP contribution in [0.5, 0.6) is 5.75 Å². The fourth-order valence-corrected chi connectivity index (χ4v) is 3.58. The molecule has 0 atom stereocenters. The predicted molar refractivity (Wildman–Crippen MR) is 112 cm³/mol. The molecule has 10 heteroatoms. The van der Waals surface area contributed by atoms with Gasteiger partial charge in [-0.15, -0.1) is 10.2 Å². The number of nitrogen functional groups attached to an aromatic ring is 2. The second-order valence-electron chi connectivity index (χ2n) is 5.97. The first kappa shape index (κ1) is 18.7. The van der Waals surface area contributed by atoms with E-state index in [0.717, 1.165) is 17.0 Å². The highest BCUT2D eigenvalue weighted by atomic mass is 32.2. The first-order valence-corrected chi connectivity index (χ1v) is 9.66. The molecule has 29 heavy (non-hydrogen) atoms. The lowest BCUT2D eigenvalue weighted by Gasteiger charge is -2.11. The number of para-hydroxylation sites is 1. The molecule has 0 aliphatic rings. The van der Waals surface area contributed by atoms with E-state index in [4.69, 9.17) is 16.2 Å². The zero-order valence-electron chi connectivity index (χ0n) is 15.6. The number of nitrogens with two attached hydrogens (primary N) is 2. The normalized spacial score (nSPS) is 10.8. The van der Waals surface area contributed by atoms with Crippen LogP contribution in [0.1, 0.15) is 5.82 Å². The molecule has 0 unspecified atom stereocenters. The van der Waals surface area contributed by atoms with Gasteiger partial charge in [-0.25, -0.2) is 0 Å². The largest absolute Gasteiger partial charge is 0.497 e. The summed E-state index contributed by atoms with van der Waals surface area (Å²) < 4.78 is 7.33. The molecule has 9 nitrogen and oxygen atoms in total. The summed E-state index contributed by atoms with van der Waals surface area (Å²) in [5.41, 5.74) is 13.1. The van der Waals surface area contributed by atoms with Crippen molar-refractivity contribution < 1.29 is 4.74 Å². The molecule has 0 bridgehead atoms. The number of hydrogen-bond acceptors (Lipinski definition) is 9. The number of nitrogens with zero attached hydrogens (tertiary/aromatic N) is 6.